The van der Waals surface area contributed by atoms with Crippen LogP contribution in [-0.4, -0.2) is 80.0 Å². The summed E-state index contributed by atoms with van der Waals surface area (Å²) in [6.07, 6.45) is 2.85. The average molecular weight is 552 g/mol. The molecule has 0 bridgehead atoms. The van der Waals surface area contributed by atoms with Crippen LogP contribution in [0.1, 0.15) is 40.3 Å². The normalized spacial score (nSPS) is 13.3. The standard InChI is InChI=1S/C31H38FN3O5/c1-23-6-12-27(40-23)21-34(17-14-24-7-13-28(38-2)29(20-24)39-3)30(36)22-35(19-18-33-15-4-5-16-33)31(37)25-8-10-26(32)11-9-25/h6-13,20H,4-5,14-19,21-22H2,1-3H3. The molecule has 2 amide bonds. The molecule has 2 heterocycles. The van der Waals surface area contributed by atoms with E-state index in [1.165, 1.54) is 24.3 Å². The molecule has 0 unspecified atom stereocenters. The number of likely N-dealkylation sites (tertiary alicyclic amines) is 1. The minimum Gasteiger partial charge on any atom is -0.493 e. The molecule has 3 aromatic rings. The van der Waals surface area contributed by atoms with Crippen LogP contribution in [-0.2, 0) is 17.8 Å². The number of nitrogens with zero attached hydrogens (tertiary/aromatic N) is 3. The van der Waals surface area contributed by atoms with Gasteiger partial charge in [-0.25, -0.2) is 4.39 Å². The number of furan rings is 1. The maximum absolute atomic E-state index is 13.8. The first-order valence-electron chi connectivity index (χ1n) is 13.7. The lowest BCUT2D eigenvalue weighted by molar-refractivity contribution is -0.132. The van der Waals surface area contributed by atoms with Crippen LogP contribution in [0.4, 0.5) is 4.39 Å². The molecule has 214 valence electrons. The molecule has 0 N–H and O–H groups in total. The van der Waals surface area contributed by atoms with E-state index in [1.54, 1.807) is 24.0 Å². The number of methoxy groups -OCH3 is 2. The molecule has 4 rings (SSSR count). The van der Waals surface area contributed by atoms with E-state index in [4.69, 9.17) is 13.9 Å². The van der Waals surface area contributed by atoms with Crippen molar-refractivity contribution in [3.63, 3.8) is 0 Å². The molecule has 1 aromatic heterocycles. The van der Waals surface area contributed by atoms with Gasteiger partial charge in [-0.1, -0.05) is 6.07 Å². The molecule has 9 heteroatoms. The highest BCUT2D eigenvalue weighted by atomic mass is 19.1. The molecule has 2 aromatic carbocycles. The topological polar surface area (TPSA) is 75.5 Å². The van der Waals surface area contributed by atoms with Crippen molar-refractivity contribution in [3.8, 4) is 11.5 Å². The van der Waals surface area contributed by atoms with E-state index in [9.17, 15) is 14.0 Å². The van der Waals surface area contributed by atoms with Crippen molar-refractivity contribution >= 4 is 11.8 Å². The summed E-state index contributed by atoms with van der Waals surface area (Å²) in [6, 6.07) is 14.9. The van der Waals surface area contributed by atoms with E-state index >= 15 is 0 Å². The van der Waals surface area contributed by atoms with Gasteiger partial charge in [-0.15, -0.1) is 0 Å². The van der Waals surface area contributed by atoms with Gasteiger partial charge in [-0.3, -0.25) is 9.59 Å². The molecule has 0 atom stereocenters. The molecular weight excluding hydrogens is 513 g/mol. The van der Waals surface area contributed by atoms with Gasteiger partial charge in [0.15, 0.2) is 11.5 Å². The molecule has 0 spiro atoms. The average Bonchev–Trinajstić information content (AvgIpc) is 3.64. The Labute approximate surface area is 235 Å². The summed E-state index contributed by atoms with van der Waals surface area (Å²) in [5.74, 6) is 1.81. The molecular formula is C31H38FN3O5. The Morgan fingerprint density at radius 3 is 2.30 bits per heavy atom. The molecule has 0 saturated carbocycles. The molecule has 0 aliphatic carbocycles. The van der Waals surface area contributed by atoms with E-state index in [1.807, 2.05) is 37.3 Å². The van der Waals surface area contributed by atoms with Crippen molar-refractivity contribution in [2.24, 2.45) is 0 Å². The number of aryl methyl sites for hydroxylation is 1. The Balaban J connectivity index is 1.51. The molecule has 1 saturated heterocycles. The van der Waals surface area contributed by atoms with Gasteiger partial charge in [0.05, 0.1) is 20.8 Å². The van der Waals surface area contributed by atoms with Gasteiger partial charge in [0.25, 0.3) is 5.91 Å². The minimum atomic E-state index is -0.411. The largest absolute Gasteiger partial charge is 0.493 e. The van der Waals surface area contributed by atoms with Crippen LogP contribution in [0.15, 0.2) is 59.0 Å². The Hall–Kier alpha value is -3.85. The fourth-order valence-electron chi connectivity index (χ4n) is 4.91. The summed E-state index contributed by atoms with van der Waals surface area (Å²) < 4.78 is 30.1. The van der Waals surface area contributed by atoms with Crippen LogP contribution in [0.3, 0.4) is 0 Å². The van der Waals surface area contributed by atoms with Gasteiger partial charge in [0.2, 0.25) is 5.91 Å². The maximum atomic E-state index is 13.8. The number of hydrogen-bond acceptors (Lipinski definition) is 6. The zero-order valence-corrected chi connectivity index (χ0v) is 23.5. The summed E-state index contributed by atoms with van der Waals surface area (Å²) in [4.78, 5) is 32.8. The minimum absolute atomic E-state index is 0.0876. The number of carbonyl (C=O) groups is 2. The van der Waals surface area contributed by atoms with E-state index in [-0.39, 0.29) is 24.9 Å². The maximum Gasteiger partial charge on any atom is 0.254 e. The zero-order valence-electron chi connectivity index (χ0n) is 23.5. The number of ether oxygens (including phenoxy) is 2. The lowest BCUT2D eigenvalue weighted by atomic mass is 10.1. The number of amides is 2. The van der Waals surface area contributed by atoms with Crippen molar-refractivity contribution in [3.05, 3.63) is 83.1 Å². The lowest BCUT2D eigenvalue weighted by Gasteiger charge is -2.29. The monoisotopic (exact) mass is 551 g/mol. The number of halogens is 1. The van der Waals surface area contributed by atoms with Crippen molar-refractivity contribution in [1.82, 2.24) is 14.7 Å². The lowest BCUT2D eigenvalue weighted by Crippen LogP contribution is -2.45. The molecule has 8 nitrogen and oxygen atoms in total. The van der Waals surface area contributed by atoms with E-state index < -0.39 is 5.82 Å². The SMILES string of the molecule is COc1ccc(CCN(Cc2ccc(C)o2)C(=O)CN(CCN2CCCC2)C(=O)c2ccc(F)cc2)cc1OC. The van der Waals surface area contributed by atoms with Crippen LogP contribution in [0.25, 0.3) is 0 Å². The second-order valence-corrected chi connectivity index (χ2v) is 10.0. The van der Waals surface area contributed by atoms with Crippen molar-refractivity contribution in [1.29, 1.82) is 0 Å². The molecule has 40 heavy (non-hydrogen) atoms. The summed E-state index contributed by atoms with van der Waals surface area (Å²) in [7, 11) is 3.18. The van der Waals surface area contributed by atoms with Crippen LogP contribution in [0.2, 0.25) is 0 Å². The predicted octanol–water partition coefficient (Wildman–Crippen LogP) is 4.55. The van der Waals surface area contributed by atoms with Gasteiger partial charge in [0.1, 0.15) is 23.9 Å². The summed E-state index contributed by atoms with van der Waals surface area (Å²) in [5, 5.41) is 0. The Morgan fingerprint density at radius 1 is 0.925 bits per heavy atom. The summed E-state index contributed by atoms with van der Waals surface area (Å²) in [6.45, 7) is 5.54. The Kier molecular flexibility index (Phi) is 10.2. The molecule has 1 fully saturated rings. The van der Waals surface area contributed by atoms with Gasteiger partial charge < -0.3 is 28.6 Å². The van der Waals surface area contributed by atoms with Gasteiger partial charge in [-0.05, 0) is 93.4 Å². The summed E-state index contributed by atoms with van der Waals surface area (Å²) in [5.41, 5.74) is 1.34. The predicted molar refractivity (Wildman–Crippen MR) is 150 cm³/mol. The van der Waals surface area contributed by atoms with Crippen LogP contribution in [0, 0.1) is 12.7 Å². The van der Waals surface area contributed by atoms with Crippen molar-refractivity contribution in [2.75, 3.05) is 53.5 Å². The first-order valence-corrected chi connectivity index (χ1v) is 13.7. The van der Waals surface area contributed by atoms with Crippen molar-refractivity contribution in [2.45, 2.75) is 32.7 Å². The number of rotatable bonds is 13. The Bertz CT molecular complexity index is 1270. The van der Waals surface area contributed by atoms with E-state index in [0.29, 0.717) is 48.9 Å². The second-order valence-electron chi connectivity index (χ2n) is 10.0. The smallest absolute Gasteiger partial charge is 0.254 e. The third-order valence-electron chi connectivity index (χ3n) is 7.20. The highest BCUT2D eigenvalue weighted by Gasteiger charge is 2.24. The first-order chi connectivity index (χ1) is 19.4. The number of hydrogen-bond donors (Lipinski definition) is 0. The Morgan fingerprint density at radius 2 is 1.65 bits per heavy atom. The first kappa shape index (κ1) is 29.1. The van der Waals surface area contributed by atoms with Gasteiger partial charge in [0, 0.05) is 25.2 Å². The highest BCUT2D eigenvalue weighted by Crippen LogP contribution is 2.28. The molecule has 0 radical (unpaired) electrons. The fraction of sp³-hybridized carbons (Fsp3) is 0.419. The third kappa shape index (κ3) is 7.85. The van der Waals surface area contributed by atoms with Crippen LogP contribution in [0.5, 0.6) is 11.5 Å². The van der Waals surface area contributed by atoms with E-state index in [0.717, 1.165) is 37.3 Å². The zero-order chi connectivity index (χ0) is 28.5. The van der Waals surface area contributed by atoms with Gasteiger partial charge >= 0.3 is 0 Å². The second kappa shape index (κ2) is 14.0. The summed E-state index contributed by atoms with van der Waals surface area (Å²) >= 11 is 0. The quantitative estimate of drug-likeness (QED) is 0.310. The van der Waals surface area contributed by atoms with Crippen LogP contribution >= 0.6 is 0 Å². The highest BCUT2D eigenvalue weighted by molar-refractivity contribution is 5.96. The fourth-order valence-corrected chi connectivity index (χ4v) is 4.91. The van der Waals surface area contributed by atoms with E-state index in [2.05, 4.69) is 4.90 Å². The van der Waals surface area contributed by atoms with Crippen molar-refractivity contribution < 1.29 is 27.9 Å². The molecule has 1 aliphatic heterocycles. The third-order valence-corrected chi connectivity index (χ3v) is 7.20. The van der Waals surface area contributed by atoms with Gasteiger partial charge in [-0.2, -0.15) is 0 Å². The number of benzene rings is 2. The van der Waals surface area contributed by atoms with Crippen LogP contribution < -0.4 is 9.47 Å². The number of carbonyl (C=O) groups excluding carboxylic acids is 2. The molecule has 1 aliphatic rings.